The molecule has 0 bridgehead atoms. The van der Waals surface area contributed by atoms with E-state index in [1.54, 1.807) is 6.33 Å². The lowest BCUT2D eigenvalue weighted by atomic mass is 10.2. The summed E-state index contributed by atoms with van der Waals surface area (Å²) in [7, 11) is 0. The summed E-state index contributed by atoms with van der Waals surface area (Å²) >= 11 is 6.12. The molecule has 0 amide bonds. The molecule has 4 heteroatoms. The lowest BCUT2D eigenvalue weighted by molar-refractivity contribution is 0.745. The van der Waals surface area contributed by atoms with Gasteiger partial charge in [-0.3, -0.25) is 4.57 Å². The number of nitrogens with zero attached hydrogens (tertiary/aromatic N) is 3. The zero-order valence-corrected chi connectivity index (χ0v) is 9.44. The van der Waals surface area contributed by atoms with Crippen LogP contribution in [-0.2, 0) is 0 Å². The molecule has 15 heavy (non-hydrogen) atoms. The molecule has 1 heterocycles. The molecule has 0 aliphatic heterocycles. The van der Waals surface area contributed by atoms with Crippen molar-refractivity contribution in [2.45, 2.75) is 19.8 Å². The smallest absolute Gasteiger partial charge is 0.140 e. The van der Waals surface area contributed by atoms with Gasteiger partial charge in [0.05, 0.1) is 10.7 Å². The van der Waals surface area contributed by atoms with Gasteiger partial charge in [0.1, 0.15) is 12.2 Å². The second kappa shape index (κ2) is 4.03. The minimum Gasteiger partial charge on any atom is -0.284 e. The third-order valence-corrected chi connectivity index (χ3v) is 2.52. The van der Waals surface area contributed by atoms with Crippen LogP contribution >= 0.6 is 11.6 Å². The third-order valence-electron chi connectivity index (χ3n) is 2.20. The van der Waals surface area contributed by atoms with Gasteiger partial charge in [-0.15, -0.1) is 10.2 Å². The molecule has 0 aliphatic carbocycles. The summed E-state index contributed by atoms with van der Waals surface area (Å²) in [5.74, 6) is 1.24. The van der Waals surface area contributed by atoms with E-state index in [-0.39, 0.29) is 0 Å². The highest BCUT2D eigenvalue weighted by Gasteiger charge is 2.11. The van der Waals surface area contributed by atoms with E-state index in [0.29, 0.717) is 10.9 Å². The van der Waals surface area contributed by atoms with Crippen LogP contribution in [0.1, 0.15) is 25.6 Å². The number of para-hydroxylation sites is 1. The first-order valence-electron chi connectivity index (χ1n) is 4.85. The summed E-state index contributed by atoms with van der Waals surface area (Å²) in [5.41, 5.74) is 0.924. The maximum atomic E-state index is 6.12. The molecule has 78 valence electrons. The van der Waals surface area contributed by atoms with Gasteiger partial charge in [-0.25, -0.2) is 0 Å². The zero-order valence-electron chi connectivity index (χ0n) is 8.68. The molecule has 1 aromatic heterocycles. The Hall–Kier alpha value is -1.35. The second-order valence-electron chi connectivity index (χ2n) is 3.67. The van der Waals surface area contributed by atoms with Crippen LogP contribution in [0.5, 0.6) is 0 Å². The molecule has 2 aromatic rings. The molecule has 0 fully saturated rings. The number of benzene rings is 1. The van der Waals surface area contributed by atoms with Crippen LogP contribution in [0, 0.1) is 0 Å². The first-order valence-corrected chi connectivity index (χ1v) is 5.22. The van der Waals surface area contributed by atoms with Crippen LogP contribution in [0.25, 0.3) is 5.69 Å². The van der Waals surface area contributed by atoms with Gasteiger partial charge in [-0.1, -0.05) is 37.6 Å². The summed E-state index contributed by atoms with van der Waals surface area (Å²) in [4.78, 5) is 0. The molecule has 1 aromatic carbocycles. The molecule has 0 aliphatic rings. The Balaban J connectivity index is 2.55. The molecule has 3 nitrogen and oxygen atoms in total. The molecule has 0 radical (unpaired) electrons. The predicted octanol–water partition coefficient (Wildman–Crippen LogP) is 3.04. The topological polar surface area (TPSA) is 30.7 Å². The quantitative estimate of drug-likeness (QED) is 0.781. The average Bonchev–Trinajstić information content (AvgIpc) is 2.67. The Bertz CT molecular complexity index is 462. The van der Waals surface area contributed by atoms with Crippen LogP contribution in [0.4, 0.5) is 0 Å². The van der Waals surface area contributed by atoms with E-state index in [0.717, 1.165) is 11.5 Å². The van der Waals surface area contributed by atoms with Gasteiger partial charge < -0.3 is 0 Å². The molecule has 2 rings (SSSR count). The van der Waals surface area contributed by atoms with Crippen molar-refractivity contribution in [3.05, 3.63) is 41.4 Å². The Labute approximate surface area is 93.7 Å². The summed E-state index contributed by atoms with van der Waals surface area (Å²) in [6.07, 6.45) is 1.69. The molecule has 0 atom stereocenters. The SMILES string of the molecule is CC(C)c1nncn1-c1ccccc1Cl. The van der Waals surface area contributed by atoms with Crippen molar-refractivity contribution >= 4 is 11.6 Å². The highest BCUT2D eigenvalue weighted by Crippen LogP contribution is 2.23. The molecular formula is C11H12ClN3. The number of halogens is 1. The van der Waals surface area contributed by atoms with Crippen molar-refractivity contribution in [3.63, 3.8) is 0 Å². The first-order chi connectivity index (χ1) is 7.20. The van der Waals surface area contributed by atoms with Gasteiger partial charge >= 0.3 is 0 Å². The van der Waals surface area contributed by atoms with E-state index in [9.17, 15) is 0 Å². The third kappa shape index (κ3) is 1.88. The normalized spacial score (nSPS) is 10.9. The largest absolute Gasteiger partial charge is 0.284 e. The Kier molecular flexibility index (Phi) is 2.73. The summed E-state index contributed by atoms with van der Waals surface area (Å²) in [6, 6.07) is 7.68. The van der Waals surface area contributed by atoms with Gasteiger partial charge in [-0.2, -0.15) is 0 Å². The van der Waals surface area contributed by atoms with E-state index in [1.807, 2.05) is 28.8 Å². The Morgan fingerprint density at radius 1 is 1.27 bits per heavy atom. The lowest BCUT2D eigenvalue weighted by Gasteiger charge is -2.09. The van der Waals surface area contributed by atoms with Crippen molar-refractivity contribution in [3.8, 4) is 5.69 Å². The van der Waals surface area contributed by atoms with Crippen LogP contribution in [0.2, 0.25) is 5.02 Å². The zero-order chi connectivity index (χ0) is 10.8. The van der Waals surface area contributed by atoms with Crippen LogP contribution < -0.4 is 0 Å². The second-order valence-corrected chi connectivity index (χ2v) is 4.07. The maximum absolute atomic E-state index is 6.12. The van der Waals surface area contributed by atoms with Crippen LogP contribution in [0.3, 0.4) is 0 Å². The maximum Gasteiger partial charge on any atom is 0.140 e. The van der Waals surface area contributed by atoms with E-state index < -0.39 is 0 Å². The van der Waals surface area contributed by atoms with Gasteiger partial charge in [-0.05, 0) is 12.1 Å². The summed E-state index contributed by atoms with van der Waals surface area (Å²) < 4.78 is 1.92. The number of hydrogen-bond acceptors (Lipinski definition) is 2. The monoisotopic (exact) mass is 221 g/mol. The molecule has 0 unspecified atom stereocenters. The van der Waals surface area contributed by atoms with Crippen LogP contribution in [-0.4, -0.2) is 14.8 Å². The first kappa shape index (κ1) is 10.2. The fourth-order valence-corrected chi connectivity index (χ4v) is 1.70. The van der Waals surface area contributed by atoms with E-state index >= 15 is 0 Å². The fraction of sp³-hybridized carbons (Fsp3) is 0.273. The molecule has 0 saturated heterocycles. The standard InChI is InChI=1S/C11H12ClN3/c1-8(2)11-14-13-7-15(11)10-6-4-3-5-9(10)12/h3-8H,1-2H3. The number of rotatable bonds is 2. The molecule has 0 spiro atoms. The summed E-state index contributed by atoms with van der Waals surface area (Å²) in [6.45, 7) is 4.16. The van der Waals surface area contributed by atoms with E-state index in [2.05, 4.69) is 24.0 Å². The predicted molar refractivity (Wildman–Crippen MR) is 60.5 cm³/mol. The molecule has 0 N–H and O–H groups in total. The van der Waals surface area contributed by atoms with Crippen molar-refractivity contribution in [1.29, 1.82) is 0 Å². The number of aromatic nitrogens is 3. The highest BCUT2D eigenvalue weighted by molar-refractivity contribution is 6.32. The summed E-state index contributed by atoms with van der Waals surface area (Å²) in [5, 5.41) is 8.71. The molecular weight excluding hydrogens is 210 g/mol. The minimum absolute atomic E-state index is 0.323. The average molecular weight is 222 g/mol. The van der Waals surface area contributed by atoms with Crippen molar-refractivity contribution in [1.82, 2.24) is 14.8 Å². The highest BCUT2D eigenvalue weighted by atomic mass is 35.5. The number of hydrogen-bond donors (Lipinski definition) is 0. The molecule has 0 saturated carbocycles. The Morgan fingerprint density at radius 3 is 2.67 bits per heavy atom. The van der Waals surface area contributed by atoms with Crippen molar-refractivity contribution in [2.24, 2.45) is 0 Å². The van der Waals surface area contributed by atoms with E-state index in [1.165, 1.54) is 0 Å². The fourth-order valence-electron chi connectivity index (χ4n) is 1.47. The van der Waals surface area contributed by atoms with Crippen LogP contribution in [0.15, 0.2) is 30.6 Å². The Morgan fingerprint density at radius 2 is 2.00 bits per heavy atom. The van der Waals surface area contributed by atoms with Crippen molar-refractivity contribution < 1.29 is 0 Å². The van der Waals surface area contributed by atoms with Gasteiger partial charge in [0.2, 0.25) is 0 Å². The van der Waals surface area contributed by atoms with Crippen molar-refractivity contribution in [2.75, 3.05) is 0 Å². The lowest BCUT2D eigenvalue weighted by Crippen LogP contribution is -2.02. The van der Waals surface area contributed by atoms with Gasteiger partial charge in [0.25, 0.3) is 0 Å². The van der Waals surface area contributed by atoms with Gasteiger partial charge in [0.15, 0.2) is 0 Å². The van der Waals surface area contributed by atoms with Gasteiger partial charge in [0, 0.05) is 5.92 Å². The van der Waals surface area contributed by atoms with E-state index in [4.69, 9.17) is 11.6 Å². The minimum atomic E-state index is 0.323.